The summed E-state index contributed by atoms with van der Waals surface area (Å²) >= 11 is 6.29. The SMILES string of the molecule is O=C(CC1CCC(F)(F)CC1)NCC(=O)N1CCN(Cc2cc(Cl)cc(CC(=O)C3CC3)c2)CC1. The average Bonchev–Trinajstić information content (AvgIpc) is 3.65. The third kappa shape index (κ3) is 7.97. The summed E-state index contributed by atoms with van der Waals surface area (Å²) in [5.41, 5.74) is 2.01. The summed E-state index contributed by atoms with van der Waals surface area (Å²) in [5, 5.41) is 3.30. The summed E-state index contributed by atoms with van der Waals surface area (Å²) in [7, 11) is 0. The normalized spacial score (nSPS) is 21.1. The quantitative estimate of drug-likeness (QED) is 0.549. The fraction of sp³-hybridized carbons (Fsp3) is 0.654. The molecule has 1 heterocycles. The van der Waals surface area contributed by atoms with E-state index in [4.69, 9.17) is 11.6 Å². The molecule has 0 aromatic heterocycles. The molecular weight excluding hydrogens is 476 g/mol. The zero-order valence-electron chi connectivity index (χ0n) is 20.0. The third-order valence-electron chi connectivity index (χ3n) is 7.31. The number of piperazine rings is 1. The lowest BCUT2D eigenvalue weighted by molar-refractivity contribution is -0.134. The number of nitrogens with zero attached hydrogens (tertiary/aromatic N) is 2. The second-order valence-electron chi connectivity index (χ2n) is 10.3. The molecule has 4 rings (SSSR count). The van der Waals surface area contributed by atoms with Crippen LogP contribution in [0.5, 0.6) is 0 Å². The van der Waals surface area contributed by atoms with Crippen molar-refractivity contribution in [1.82, 2.24) is 15.1 Å². The molecule has 0 spiro atoms. The predicted octanol–water partition coefficient (Wildman–Crippen LogP) is 3.84. The molecule has 192 valence electrons. The Morgan fingerprint density at radius 3 is 2.29 bits per heavy atom. The molecule has 1 N–H and O–H groups in total. The third-order valence-corrected chi connectivity index (χ3v) is 7.53. The highest BCUT2D eigenvalue weighted by Crippen LogP contribution is 2.37. The number of benzene rings is 1. The first-order chi connectivity index (χ1) is 16.7. The number of amides is 2. The molecule has 6 nitrogen and oxygen atoms in total. The van der Waals surface area contributed by atoms with Crippen LogP contribution in [0.1, 0.15) is 56.1 Å². The minimum Gasteiger partial charge on any atom is -0.347 e. The summed E-state index contributed by atoms with van der Waals surface area (Å²) in [4.78, 5) is 40.9. The fourth-order valence-corrected chi connectivity index (χ4v) is 5.28. The Labute approximate surface area is 210 Å². The number of carbonyl (C=O) groups is 3. The number of ketones is 1. The number of carbonyl (C=O) groups excluding carboxylic acids is 3. The van der Waals surface area contributed by atoms with E-state index in [2.05, 4.69) is 10.2 Å². The highest BCUT2D eigenvalue weighted by molar-refractivity contribution is 6.30. The van der Waals surface area contributed by atoms with E-state index in [0.717, 1.165) is 24.0 Å². The van der Waals surface area contributed by atoms with Gasteiger partial charge in [-0.1, -0.05) is 17.7 Å². The molecule has 2 saturated carbocycles. The first-order valence-corrected chi connectivity index (χ1v) is 13.0. The lowest BCUT2D eigenvalue weighted by Gasteiger charge is -2.35. The van der Waals surface area contributed by atoms with Crippen molar-refractivity contribution in [3.8, 4) is 0 Å². The van der Waals surface area contributed by atoms with Gasteiger partial charge in [0.1, 0.15) is 5.78 Å². The van der Waals surface area contributed by atoms with E-state index in [9.17, 15) is 23.2 Å². The van der Waals surface area contributed by atoms with Crippen LogP contribution in [0.3, 0.4) is 0 Å². The molecule has 0 radical (unpaired) electrons. The van der Waals surface area contributed by atoms with Crippen LogP contribution in [0.15, 0.2) is 18.2 Å². The van der Waals surface area contributed by atoms with Gasteiger partial charge in [-0.2, -0.15) is 0 Å². The smallest absolute Gasteiger partial charge is 0.248 e. The van der Waals surface area contributed by atoms with Crippen LogP contribution in [-0.2, 0) is 27.3 Å². The summed E-state index contributed by atoms with van der Waals surface area (Å²) in [6, 6.07) is 5.83. The monoisotopic (exact) mass is 509 g/mol. The van der Waals surface area contributed by atoms with Crippen LogP contribution >= 0.6 is 11.6 Å². The van der Waals surface area contributed by atoms with E-state index >= 15 is 0 Å². The molecule has 2 amide bonds. The van der Waals surface area contributed by atoms with Crippen LogP contribution in [0.2, 0.25) is 5.02 Å². The van der Waals surface area contributed by atoms with Crippen molar-refractivity contribution in [2.45, 2.75) is 63.8 Å². The molecule has 3 fully saturated rings. The molecule has 3 aliphatic rings. The average molecular weight is 510 g/mol. The van der Waals surface area contributed by atoms with Crippen LogP contribution in [0.25, 0.3) is 0 Å². The van der Waals surface area contributed by atoms with Gasteiger partial charge < -0.3 is 10.2 Å². The Morgan fingerprint density at radius 2 is 1.63 bits per heavy atom. The molecule has 0 unspecified atom stereocenters. The van der Waals surface area contributed by atoms with Gasteiger partial charge in [-0.15, -0.1) is 0 Å². The lowest BCUT2D eigenvalue weighted by Crippen LogP contribution is -2.50. The predicted molar refractivity (Wildman–Crippen MR) is 129 cm³/mol. The van der Waals surface area contributed by atoms with Crippen LogP contribution < -0.4 is 5.32 Å². The summed E-state index contributed by atoms with van der Waals surface area (Å²) in [6.07, 6.45) is 3.00. The van der Waals surface area contributed by atoms with Crippen LogP contribution in [-0.4, -0.2) is 66.0 Å². The summed E-state index contributed by atoms with van der Waals surface area (Å²) in [6.45, 7) is 3.19. The van der Waals surface area contributed by atoms with Crippen molar-refractivity contribution in [1.29, 1.82) is 0 Å². The second-order valence-corrected chi connectivity index (χ2v) is 10.8. The van der Waals surface area contributed by atoms with Gasteiger partial charge in [-0.3, -0.25) is 19.3 Å². The highest BCUT2D eigenvalue weighted by Gasteiger charge is 2.35. The number of Topliss-reactive ketones (excluding diaryl/α,β-unsaturated/α-hetero) is 1. The number of hydrogen-bond donors (Lipinski definition) is 1. The van der Waals surface area contributed by atoms with E-state index in [1.807, 2.05) is 18.2 Å². The largest absolute Gasteiger partial charge is 0.347 e. The van der Waals surface area contributed by atoms with Crippen molar-refractivity contribution in [3.05, 3.63) is 34.3 Å². The Bertz CT molecular complexity index is 936. The van der Waals surface area contributed by atoms with Crippen molar-refractivity contribution < 1.29 is 23.2 Å². The lowest BCUT2D eigenvalue weighted by atomic mass is 9.84. The van der Waals surface area contributed by atoms with Gasteiger partial charge >= 0.3 is 0 Å². The van der Waals surface area contributed by atoms with Gasteiger partial charge in [-0.25, -0.2) is 8.78 Å². The Hall–Kier alpha value is -2.06. The topological polar surface area (TPSA) is 69.7 Å². The second kappa shape index (κ2) is 11.3. The van der Waals surface area contributed by atoms with E-state index in [0.29, 0.717) is 57.0 Å². The maximum absolute atomic E-state index is 13.3. The molecule has 1 saturated heterocycles. The molecule has 1 aromatic rings. The van der Waals surface area contributed by atoms with Gasteiger partial charge in [0.15, 0.2) is 0 Å². The fourth-order valence-electron chi connectivity index (χ4n) is 5.00. The number of hydrogen-bond acceptors (Lipinski definition) is 4. The minimum absolute atomic E-state index is 0.0351. The van der Waals surface area contributed by atoms with E-state index < -0.39 is 5.92 Å². The molecule has 1 aliphatic heterocycles. The van der Waals surface area contributed by atoms with Gasteiger partial charge in [0.25, 0.3) is 0 Å². The number of nitrogens with one attached hydrogen (secondary N) is 1. The molecule has 1 aromatic carbocycles. The molecule has 9 heteroatoms. The highest BCUT2D eigenvalue weighted by atomic mass is 35.5. The van der Waals surface area contributed by atoms with Gasteiger partial charge in [0.05, 0.1) is 6.54 Å². The maximum atomic E-state index is 13.3. The van der Waals surface area contributed by atoms with Gasteiger partial charge in [0, 0.05) is 69.3 Å². The molecule has 2 aliphatic carbocycles. The number of halogens is 3. The van der Waals surface area contributed by atoms with Crippen molar-refractivity contribution >= 4 is 29.2 Å². The molecule has 35 heavy (non-hydrogen) atoms. The van der Waals surface area contributed by atoms with E-state index in [1.54, 1.807) is 4.90 Å². The maximum Gasteiger partial charge on any atom is 0.248 e. The van der Waals surface area contributed by atoms with Gasteiger partial charge in [-0.05, 0) is 54.9 Å². The first kappa shape index (κ1) is 26.0. The number of alkyl halides is 2. The van der Waals surface area contributed by atoms with Crippen molar-refractivity contribution in [2.75, 3.05) is 32.7 Å². The standard InChI is InChI=1S/C26H34ClF2N3O3/c27-22-12-19(14-23(33)21-1-2-21)11-20(13-22)17-31-7-9-32(10-8-31)25(35)16-30-24(34)15-18-3-5-26(28,29)6-4-18/h11-13,18,21H,1-10,14-17H2,(H,30,34). The van der Waals surface area contributed by atoms with Crippen LogP contribution in [0, 0.1) is 11.8 Å². The Kier molecular flexibility index (Phi) is 8.42. The van der Waals surface area contributed by atoms with Crippen molar-refractivity contribution in [3.63, 3.8) is 0 Å². The molecular formula is C26H34ClF2N3O3. The zero-order valence-corrected chi connectivity index (χ0v) is 20.8. The van der Waals surface area contributed by atoms with Crippen LogP contribution in [0.4, 0.5) is 8.78 Å². The van der Waals surface area contributed by atoms with Crippen molar-refractivity contribution in [2.24, 2.45) is 11.8 Å². The Morgan fingerprint density at radius 1 is 0.971 bits per heavy atom. The van der Waals surface area contributed by atoms with Gasteiger partial charge in [0.2, 0.25) is 17.7 Å². The Balaban J connectivity index is 1.17. The van der Waals surface area contributed by atoms with E-state index in [1.165, 1.54) is 0 Å². The summed E-state index contributed by atoms with van der Waals surface area (Å²) < 4.78 is 26.5. The number of rotatable bonds is 9. The summed E-state index contributed by atoms with van der Waals surface area (Å²) in [5.74, 6) is -2.49. The molecule has 0 bridgehead atoms. The van der Waals surface area contributed by atoms with E-state index in [-0.39, 0.29) is 55.2 Å². The first-order valence-electron chi connectivity index (χ1n) is 12.6. The zero-order chi connectivity index (χ0) is 25.0. The minimum atomic E-state index is -2.60. The molecule has 0 atom stereocenters.